The van der Waals surface area contributed by atoms with Gasteiger partial charge in [0.2, 0.25) is 5.76 Å². The summed E-state index contributed by atoms with van der Waals surface area (Å²) in [5.74, 6) is -0.0106. The summed E-state index contributed by atoms with van der Waals surface area (Å²) >= 11 is 3.16. The fraction of sp³-hybridized carbons (Fsp3) is 0.444. The third kappa shape index (κ3) is 3.54. The van der Waals surface area contributed by atoms with Gasteiger partial charge >= 0.3 is 0 Å². The van der Waals surface area contributed by atoms with Gasteiger partial charge < -0.3 is 14.2 Å². The lowest BCUT2D eigenvalue weighted by Crippen LogP contribution is -2.39. The summed E-state index contributed by atoms with van der Waals surface area (Å²) in [4.78, 5) is 20.6. The van der Waals surface area contributed by atoms with Gasteiger partial charge in [0.1, 0.15) is 19.5 Å². The number of carbonyl (C=O) groups excluding carboxylic acids is 1. The molecule has 1 amide bonds. The average molecular weight is 393 g/mol. The molecule has 0 radical (unpaired) electrons. The van der Waals surface area contributed by atoms with Gasteiger partial charge in [-0.2, -0.15) is 0 Å². The van der Waals surface area contributed by atoms with Crippen LogP contribution in [0.3, 0.4) is 0 Å². The van der Waals surface area contributed by atoms with Crippen LogP contribution in [0.5, 0.6) is 0 Å². The van der Waals surface area contributed by atoms with Crippen LogP contribution in [0.25, 0.3) is 10.2 Å². The highest BCUT2D eigenvalue weighted by Crippen LogP contribution is 2.35. The Labute approximate surface area is 160 Å². The van der Waals surface area contributed by atoms with Crippen LogP contribution in [-0.4, -0.2) is 49.6 Å². The number of fused-ring (bicyclic) bond motifs is 1. The number of hydrogen-bond donors (Lipinski definition) is 0. The molecule has 2 aliphatic heterocycles. The van der Waals surface area contributed by atoms with E-state index in [1.807, 2.05) is 24.5 Å². The first-order chi connectivity index (χ1) is 12.8. The summed E-state index contributed by atoms with van der Waals surface area (Å²) in [5, 5.41) is 0.664. The van der Waals surface area contributed by atoms with E-state index in [2.05, 4.69) is 0 Å². The Balaban J connectivity index is 1.69. The molecule has 0 bridgehead atoms. The topological polar surface area (TPSA) is 60.9 Å². The second-order valence-corrected chi connectivity index (χ2v) is 7.91. The number of thiazole rings is 1. The Kier molecular flexibility index (Phi) is 5.33. The lowest BCUT2D eigenvalue weighted by Gasteiger charge is -2.25. The summed E-state index contributed by atoms with van der Waals surface area (Å²) in [5.41, 5.74) is 0.930. The summed E-state index contributed by atoms with van der Waals surface area (Å²) < 4.78 is 17.6. The van der Waals surface area contributed by atoms with Gasteiger partial charge in [0.05, 0.1) is 22.9 Å². The molecule has 2 aliphatic rings. The van der Waals surface area contributed by atoms with E-state index in [1.54, 1.807) is 16.7 Å². The SMILES string of the molecule is CSc1cccc2sc(N(C[C@@H]3CCCO3)C(=O)C3=COCCO3)nc12. The zero-order valence-electron chi connectivity index (χ0n) is 14.5. The van der Waals surface area contributed by atoms with Crippen molar-refractivity contribution in [3.63, 3.8) is 0 Å². The first-order valence-electron chi connectivity index (χ1n) is 8.58. The number of amides is 1. The van der Waals surface area contributed by atoms with Gasteiger partial charge in [-0.15, -0.1) is 11.8 Å². The minimum absolute atomic E-state index is 0.0242. The van der Waals surface area contributed by atoms with Gasteiger partial charge in [-0.05, 0) is 31.2 Å². The van der Waals surface area contributed by atoms with Gasteiger partial charge in [-0.25, -0.2) is 4.98 Å². The predicted molar refractivity (Wildman–Crippen MR) is 103 cm³/mol. The second kappa shape index (κ2) is 7.85. The second-order valence-electron chi connectivity index (χ2n) is 6.06. The molecular weight excluding hydrogens is 372 g/mol. The molecule has 8 heteroatoms. The van der Waals surface area contributed by atoms with Crippen molar-refractivity contribution in [1.29, 1.82) is 0 Å². The lowest BCUT2D eigenvalue weighted by atomic mass is 10.2. The number of hydrogen-bond acceptors (Lipinski definition) is 7. The van der Waals surface area contributed by atoms with E-state index in [9.17, 15) is 4.79 Å². The van der Waals surface area contributed by atoms with E-state index in [-0.39, 0.29) is 17.8 Å². The predicted octanol–water partition coefficient (Wildman–Crippen LogP) is 3.42. The highest BCUT2D eigenvalue weighted by molar-refractivity contribution is 7.98. The number of aromatic nitrogens is 1. The van der Waals surface area contributed by atoms with Crippen LogP contribution in [0.1, 0.15) is 12.8 Å². The number of rotatable bonds is 5. The van der Waals surface area contributed by atoms with Crippen molar-refractivity contribution in [2.75, 3.05) is 37.5 Å². The Morgan fingerprint density at radius 2 is 2.31 bits per heavy atom. The van der Waals surface area contributed by atoms with Crippen molar-refractivity contribution in [2.45, 2.75) is 23.8 Å². The zero-order valence-corrected chi connectivity index (χ0v) is 16.1. The number of nitrogens with zero attached hydrogens (tertiary/aromatic N) is 2. The first kappa shape index (κ1) is 17.6. The molecule has 1 aromatic heterocycles. The molecule has 3 heterocycles. The molecule has 4 rings (SSSR count). The van der Waals surface area contributed by atoms with Crippen LogP contribution in [0, 0.1) is 0 Å². The maximum atomic E-state index is 13.1. The van der Waals surface area contributed by atoms with Crippen molar-refractivity contribution >= 4 is 44.4 Å². The molecule has 1 aromatic carbocycles. The van der Waals surface area contributed by atoms with E-state index in [0.717, 1.165) is 34.6 Å². The van der Waals surface area contributed by atoms with Crippen LogP contribution in [0.15, 0.2) is 35.1 Å². The fourth-order valence-corrected chi connectivity index (χ4v) is 4.67. The number of anilines is 1. The van der Waals surface area contributed by atoms with Crippen molar-refractivity contribution < 1.29 is 19.0 Å². The molecule has 6 nitrogen and oxygen atoms in total. The summed E-state index contributed by atoms with van der Waals surface area (Å²) in [6.07, 6.45) is 5.42. The van der Waals surface area contributed by atoms with Gasteiger partial charge in [-0.1, -0.05) is 17.4 Å². The smallest absolute Gasteiger partial charge is 0.298 e. The van der Waals surface area contributed by atoms with Gasteiger partial charge in [0.15, 0.2) is 5.13 Å². The molecule has 26 heavy (non-hydrogen) atoms. The monoisotopic (exact) mass is 392 g/mol. The van der Waals surface area contributed by atoms with Gasteiger partial charge in [0, 0.05) is 11.5 Å². The van der Waals surface area contributed by atoms with Gasteiger partial charge in [-0.3, -0.25) is 9.69 Å². The van der Waals surface area contributed by atoms with Crippen LogP contribution in [-0.2, 0) is 19.0 Å². The molecule has 0 spiro atoms. The van der Waals surface area contributed by atoms with E-state index in [1.165, 1.54) is 17.6 Å². The lowest BCUT2D eigenvalue weighted by molar-refractivity contribution is -0.120. The van der Waals surface area contributed by atoms with Crippen molar-refractivity contribution in [1.82, 2.24) is 4.98 Å². The third-order valence-corrected chi connectivity index (χ3v) is 6.15. The molecule has 1 saturated heterocycles. The summed E-state index contributed by atoms with van der Waals surface area (Å²) in [7, 11) is 0. The molecule has 0 saturated carbocycles. The van der Waals surface area contributed by atoms with Gasteiger partial charge in [0.25, 0.3) is 5.91 Å². The highest BCUT2D eigenvalue weighted by Gasteiger charge is 2.30. The number of thioether (sulfide) groups is 1. The largest absolute Gasteiger partial charge is 0.494 e. The molecular formula is C18H20N2O4S2. The average Bonchev–Trinajstić information content (AvgIpc) is 3.35. The summed E-state index contributed by atoms with van der Waals surface area (Å²) in [6.45, 7) is 2.04. The van der Waals surface area contributed by atoms with Crippen LogP contribution in [0.4, 0.5) is 5.13 Å². The van der Waals surface area contributed by atoms with E-state index in [0.29, 0.717) is 24.9 Å². The number of ether oxygens (including phenoxy) is 3. The zero-order chi connectivity index (χ0) is 17.9. The van der Waals surface area contributed by atoms with Crippen LogP contribution in [0.2, 0.25) is 0 Å². The number of para-hydroxylation sites is 1. The minimum Gasteiger partial charge on any atom is -0.494 e. The molecule has 1 atom stereocenters. The number of carbonyl (C=O) groups is 1. The highest BCUT2D eigenvalue weighted by atomic mass is 32.2. The van der Waals surface area contributed by atoms with E-state index >= 15 is 0 Å². The quantitative estimate of drug-likeness (QED) is 0.727. The Bertz CT molecular complexity index is 830. The Hall–Kier alpha value is -1.77. The maximum Gasteiger partial charge on any atom is 0.298 e. The van der Waals surface area contributed by atoms with Crippen molar-refractivity contribution in [3.8, 4) is 0 Å². The molecule has 1 fully saturated rings. The van der Waals surface area contributed by atoms with Crippen molar-refractivity contribution in [3.05, 3.63) is 30.2 Å². The Morgan fingerprint density at radius 3 is 3.04 bits per heavy atom. The molecule has 2 aromatic rings. The molecule has 0 N–H and O–H groups in total. The summed E-state index contributed by atoms with van der Waals surface area (Å²) in [6, 6.07) is 6.09. The van der Waals surface area contributed by atoms with Crippen LogP contribution < -0.4 is 4.90 Å². The third-order valence-electron chi connectivity index (χ3n) is 4.34. The molecule has 138 valence electrons. The van der Waals surface area contributed by atoms with Crippen LogP contribution >= 0.6 is 23.1 Å². The van der Waals surface area contributed by atoms with E-state index in [4.69, 9.17) is 19.2 Å². The molecule has 0 unspecified atom stereocenters. The Morgan fingerprint density at radius 1 is 1.38 bits per heavy atom. The fourth-order valence-electron chi connectivity index (χ4n) is 3.05. The number of benzene rings is 1. The van der Waals surface area contributed by atoms with E-state index < -0.39 is 0 Å². The standard InChI is InChI=1S/C18H20N2O4S2/c1-25-14-5-2-6-15-16(14)19-18(26-15)20(10-12-4-3-7-23-12)17(21)13-11-22-8-9-24-13/h2,5-6,11-12H,3-4,7-10H2,1H3/t12-/m0/s1. The normalized spacial score (nSPS) is 19.7. The molecule has 0 aliphatic carbocycles. The first-order valence-corrected chi connectivity index (χ1v) is 10.6. The maximum absolute atomic E-state index is 13.1. The minimum atomic E-state index is -0.232. The van der Waals surface area contributed by atoms with Crippen molar-refractivity contribution in [2.24, 2.45) is 0 Å².